The Labute approximate surface area is 213 Å². The molecule has 3 rings (SSSR count). The lowest BCUT2D eigenvalue weighted by Crippen LogP contribution is -2.28. The highest BCUT2D eigenvalue weighted by molar-refractivity contribution is 5.90. The van der Waals surface area contributed by atoms with Crippen molar-refractivity contribution in [3.63, 3.8) is 0 Å². The molecule has 4 N–H and O–H groups in total. The number of esters is 2. The molecule has 0 heterocycles. The molecule has 0 spiro atoms. The Hall–Kier alpha value is -3.58. The van der Waals surface area contributed by atoms with Crippen molar-refractivity contribution in [3.05, 3.63) is 77.9 Å². The van der Waals surface area contributed by atoms with Gasteiger partial charge in [0.15, 0.2) is 0 Å². The van der Waals surface area contributed by atoms with Gasteiger partial charge in [-0.15, -0.1) is 6.58 Å². The van der Waals surface area contributed by atoms with Crippen LogP contribution in [0.3, 0.4) is 0 Å². The third kappa shape index (κ3) is 8.89. The van der Waals surface area contributed by atoms with Gasteiger partial charge in [-0.2, -0.15) is 0 Å². The van der Waals surface area contributed by atoms with Gasteiger partial charge in [-0.1, -0.05) is 18.2 Å². The Morgan fingerprint density at radius 3 is 2.42 bits per heavy atom. The third-order valence-electron chi connectivity index (χ3n) is 6.14. The van der Waals surface area contributed by atoms with Crippen LogP contribution in [-0.2, 0) is 25.4 Å². The fourth-order valence-electron chi connectivity index (χ4n) is 4.06. The lowest BCUT2D eigenvalue weighted by Gasteiger charge is -2.28. The summed E-state index contributed by atoms with van der Waals surface area (Å²) in [6.45, 7) is 4.67. The number of nitrogen functional groups attached to an aromatic ring is 2. The van der Waals surface area contributed by atoms with Gasteiger partial charge in [-0.25, -0.2) is 9.59 Å². The van der Waals surface area contributed by atoms with Crippen LogP contribution in [0, 0.1) is 0 Å². The van der Waals surface area contributed by atoms with Gasteiger partial charge in [0.25, 0.3) is 0 Å². The molecule has 0 bridgehead atoms. The Morgan fingerprint density at radius 1 is 0.972 bits per heavy atom. The van der Waals surface area contributed by atoms with Crippen molar-refractivity contribution < 1.29 is 23.8 Å². The smallest absolute Gasteiger partial charge is 0.338 e. The Kier molecular flexibility index (Phi) is 10.6. The van der Waals surface area contributed by atoms with Gasteiger partial charge in [0.1, 0.15) is 6.10 Å². The predicted octanol–water partition coefficient (Wildman–Crippen LogP) is 5.10. The first-order valence-corrected chi connectivity index (χ1v) is 12.5. The van der Waals surface area contributed by atoms with Crippen LogP contribution in [0.2, 0.25) is 0 Å². The SMILES string of the molecule is C=CCCCOC1CCC(OC(=O)c2ccc(C=CC(=O)OCCc3cc(N)ccc3N)cc2)CC1. The minimum atomic E-state index is -0.457. The fourth-order valence-corrected chi connectivity index (χ4v) is 4.06. The molecule has 36 heavy (non-hydrogen) atoms. The molecule has 0 unspecified atom stereocenters. The van der Waals surface area contributed by atoms with Crippen LogP contribution in [0.25, 0.3) is 6.08 Å². The van der Waals surface area contributed by atoms with E-state index in [1.807, 2.05) is 6.08 Å². The minimum Gasteiger partial charge on any atom is -0.462 e. The molecule has 0 saturated heterocycles. The molecule has 192 valence electrons. The first kappa shape index (κ1) is 27.0. The highest BCUT2D eigenvalue weighted by Gasteiger charge is 2.24. The van der Waals surface area contributed by atoms with E-state index in [4.69, 9.17) is 25.7 Å². The topological polar surface area (TPSA) is 114 Å². The molecule has 0 aliphatic heterocycles. The molecule has 7 heteroatoms. The van der Waals surface area contributed by atoms with Crippen LogP contribution < -0.4 is 11.5 Å². The van der Waals surface area contributed by atoms with Crippen molar-refractivity contribution in [1.29, 1.82) is 0 Å². The summed E-state index contributed by atoms with van der Waals surface area (Å²) >= 11 is 0. The highest BCUT2D eigenvalue weighted by atomic mass is 16.5. The van der Waals surface area contributed by atoms with Crippen LogP contribution in [0.15, 0.2) is 61.2 Å². The molecule has 1 aliphatic rings. The van der Waals surface area contributed by atoms with Gasteiger partial charge in [-0.05, 0) is 86.1 Å². The Balaban J connectivity index is 1.37. The first-order valence-electron chi connectivity index (χ1n) is 12.5. The van der Waals surface area contributed by atoms with Crippen molar-refractivity contribution in [2.75, 3.05) is 24.7 Å². The number of rotatable bonds is 12. The number of allylic oxidation sites excluding steroid dienone is 1. The van der Waals surface area contributed by atoms with Gasteiger partial charge in [0, 0.05) is 30.5 Å². The number of carbonyl (C=O) groups excluding carboxylic acids is 2. The summed E-state index contributed by atoms with van der Waals surface area (Å²) in [5.74, 6) is -0.789. The monoisotopic (exact) mass is 492 g/mol. The van der Waals surface area contributed by atoms with E-state index in [1.54, 1.807) is 48.5 Å². The van der Waals surface area contributed by atoms with E-state index >= 15 is 0 Å². The summed E-state index contributed by atoms with van der Waals surface area (Å²) in [5, 5.41) is 0. The average molecular weight is 493 g/mol. The van der Waals surface area contributed by atoms with Gasteiger partial charge < -0.3 is 25.7 Å². The molecule has 0 radical (unpaired) electrons. The zero-order valence-electron chi connectivity index (χ0n) is 20.7. The van der Waals surface area contributed by atoms with E-state index in [-0.39, 0.29) is 24.8 Å². The minimum absolute atomic E-state index is 0.0810. The number of ether oxygens (including phenoxy) is 3. The lowest BCUT2D eigenvalue weighted by atomic mass is 9.95. The quantitative estimate of drug-likeness (QED) is 0.139. The number of hydrogen-bond acceptors (Lipinski definition) is 7. The van der Waals surface area contributed by atoms with Gasteiger partial charge in [0.05, 0.1) is 18.3 Å². The average Bonchev–Trinajstić information content (AvgIpc) is 2.88. The van der Waals surface area contributed by atoms with E-state index in [2.05, 4.69) is 6.58 Å². The fraction of sp³-hybridized carbons (Fsp3) is 0.379. The molecule has 1 aliphatic carbocycles. The van der Waals surface area contributed by atoms with Gasteiger partial charge in [0.2, 0.25) is 0 Å². The normalized spacial score (nSPS) is 17.6. The molecule has 0 atom stereocenters. The number of anilines is 2. The third-order valence-corrected chi connectivity index (χ3v) is 6.14. The van der Waals surface area contributed by atoms with E-state index in [0.29, 0.717) is 23.4 Å². The van der Waals surface area contributed by atoms with Crippen LogP contribution in [0.5, 0.6) is 0 Å². The van der Waals surface area contributed by atoms with E-state index in [9.17, 15) is 9.59 Å². The molecule has 7 nitrogen and oxygen atoms in total. The zero-order valence-corrected chi connectivity index (χ0v) is 20.7. The van der Waals surface area contributed by atoms with Crippen molar-refractivity contribution >= 4 is 29.4 Å². The molecule has 0 aromatic heterocycles. The summed E-state index contributed by atoms with van der Waals surface area (Å²) in [6, 6.07) is 12.2. The van der Waals surface area contributed by atoms with Gasteiger partial charge >= 0.3 is 11.9 Å². The molecule has 1 saturated carbocycles. The molecule has 2 aromatic rings. The molecule has 1 fully saturated rings. The van der Waals surface area contributed by atoms with Gasteiger partial charge in [-0.3, -0.25) is 0 Å². The molecule has 2 aromatic carbocycles. The second-order valence-electron chi connectivity index (χ2n) is 8.94. The van der Waals surface area contributed by atoms with Crippen molar-refractivity contribution in [2.45, 2.75) is 57.2 Å². The highest BCUT2D eigenvalue weighted by Crippen LogP contribution is 2.25. The summed E-state index contributed by atoms with van der Waals surface area (Å²) in [4.78, 5) is 24.5. The van der Waals surface area contributed by atoms with E-state index < -0.39 is 5.97 Å². The maximum absolute atomic E-state index is 12.5. The predicted molar refractivity (Wildman–Crippen MR) is 142 cm³/mol. The summed E-state index contributed by atoms with van der Waals surface area (Å²) in [7, 11) is 0. The second-order valence-corrected chi connectivity index (χ2v) is 8.94. The molecular weight excluding hydrogens is 456 g/mol. The zero-order chi connectivity index (χ0) is 25.8. The molecular formula is C29H36N2O5. The van der Waals surface area contributed by atoms with E-state index in [1.165, 1.54) is 6.08 Å². The van der Waals surface area contributed by atoms with Crippen molar-refractivity contribution in [3.8, 4) is 0 Å². The maximum atomic E-state index is 12.5. The van der Waals surface area contributed by atoms with Crippen LogP contribution in [-0.4, -0.2) is 37.4 Å². The van der Waals surface area contributed by atoms with E-state index in [0.717, 1.165) is 56.3 Å². The van der Waals surface area contributed by atoms with Crippen LogP contribution in [0.4, 0.5) is 11.4 Å². The molecule has 0 amide bonds. The van der Waals surface area contributed by atoms with Crippen molar-refractivity contribution in [1.82, 2.24) is 0 Å². The number of unbranched alkanes of at least 4 members (excludes halogenated alkanes) is 1. The Morgan fingerprint density at radius 2 is 1.69 bits per heavy atom. The Bertz CT molecular complexity index is 1040. The maximum Gasteiger partial charge on any atom is 0.338 e. The first-order chi connectivity index (χ1) is 17.4. The summed E-state index contributed by atoms with van der Waals surface area (Å²) < 4.78 is 16.8. The van der Waals surface area contributed by atoms with Crippen LogP contribution >= 0.6 is 0 Å². The number of carbonyl (C=O) groups is 2. The van der Waals surface area contributed by atoms with Crippen LogP contribution in [0.1, 0.15) is 60.0 Å². The number of nitrogens with two attached hydrogens (primary N) is 2. The summed E-state index contributed by atoms with van der Waals surface area (Å²) in [6.07, 6.45) is 10.9. The number of benzene rings is 2. The number of hydrogen-bond donors (Lipinski definition) is 2. The second kappa shape index (κ2) is 14.1. The summed E-state index contributed by atoms with van der Waals surface area (Å²) in [5.41, 5.74) is 15.0. The largest absolute Gasteiger partial charge is 0.462 e. The standard InChI is InChI=1S/C29H36N2O5/c1-2-3-4-18-34-25-11-13-26(14-12-25)36-29(33)22-8-5-21(6-9-22)7-16-28(32)35-19-17-23-20-24(30)10-15-27(23)31/h2,5-10,15-16,20,25-26H,1,3-4,11-14,17-19,30-31H2. The lowest BCUT2D eigenvalue weighted by molar-refractivity contribution is -0.137. The van der Waals surface area contributed by atoms with Crippen molar-refractivity contribution in [2.24, 2.45) is 0 Å².